The lowest BCUT2D eigenvalue weighted by Crippen LogP contribution is -2.22. The second-order valence-electron chi connectivity index (χ2n) is 3.23. The van der Waals surface area contributed by atoms with Crippen LogP contribution in [0, 0.1) is 5.41 Å². The maximum atomic E-state index is 11.4. The van der Waals surface area contributed by atoms with Gasteiger partial charge in [-0.25, -0.2) is 0 Å². The van der Waals surface area contributed by atoms with Gasteiger partial charge in [0.2, 0.25) is 0 Å². The van der Waals surface area contributed by atoms with Gasteiger partial charge in [0.15, 0.2) is 0 Å². The third-order valence-corrected chi connectivity index (χ3v) is 1.83. The van der Waals surface area contributed by atoms with E-state index in [-0.39, 0.29) is 12.2 Å². The molecule has 0 N–H and O–H groups in total. The van der Waals surface area contributed by atoms with Gasteiger partial charge in [0.25, 0.3) is 0 Å². The molecule has 0 heterocycles. The van der Waals surface area contributed by atoms with Crippen LogP contribution in [0.15, 0.2) is 12.7 Å². The van der Waals surface area contributed by atoms with Crippen molar-refractivity contribution in [3.05, 3.63) is 12.7 Å². The number of rotatable bonds is 5. The minimum Gasteiger partial charge on any atom is -0.299 e. The Kier molecular flexibility index (Phi) is 3.34. The van der Waals surface area contributed by atoms with Gasteiger partial charge in [-0.1, -0.05) is 26.8 Å². The highest BCUT2D eigenvalue weighted by Crippen LogP contribution is 2.24. The lowest BCUT2D eigenvalue weighted by atomic mass is 9.82. The van der Waals surface area contributed by atoms with Crippen molar-refractivity contribution in [3.8, 4) is 0 Å². The average Bonchev–Trinajstić information content (AvgIpc) is 2.03. The van der Waals surface area contributed by atoms with E-state index in [1.807, 2.05) is 20.8 Å². The summed E-state index contributed by atoms with van der Waals surface area (Å²) in [6, 6.07) is 0. The number of hydrogen-bond donors (Lipinski definition) is 0. The third-order valence-electron chi connectivity index (χ3n) is 1.83. The molecule has 0 spiro atoms. The quantitative estimate of drug-likeness (QED) is 0.559. The molecule has 1 atom stereocenters. The number of allylic oxidation sites excluding steroid dienone is 1. The summed E-state index contributed by atoms with van der Waals surface area (Å²) >= 11 is 0. The molecule has 0 amide bonds. The number of hydrogen-bond acceptors (Lipinski definition) is 1. The minimum absolute atomic E-state index is 0.157. The van der Waals surface area contributed by atoms with Gasteiger partial charge in [-0.05, 0) is 12.8 Å². The van der Waals surface area contributed by atoms with Gasteiger partial charge in [0.05, 0.1) is 0 Å². The molecule has 1 heteroatoms. The van der Waals surface area contributed by atoms with Crippen molar-refractivity contribution in [1.29, 1.82) is 0 Å². The summed E-state index contributed by atoms with van der Waals surface area (Å²) in [5.74, 6) is 0.157. The topological polar surface area (TPSA) is 17.1 Å². The van der Waals surface area contributed by atoms with Crippen LogP contribution in [0.2, 0.25) is 0 Å². The van der Waals surface area contributed by atoms with Gasteiger partial charge in [0.1, 0.15) is 5.78 Å². The SMILES string of the molecule is [3H][C@@H](CC=C)C(C)(C)C(=O)CC. The molecule has 1 nitrogen and oxygen atoms in total. The highest BCUT2D eigenvalue weighted by atomic mass is 16.1. The Morgan fingerprint density at radius 1 is 1.73 bits per heavy atom. The molecule has 0 saturated carbocycles. The normalized spacial score (nSPS) is 15.4. The van der Waals surface area contributed by atoms with Crippen LogP contribution in [0.3, 0.4) is 0 Å². The maximum absolute atomic E-state index is 11.4. The van der Waals surface area contributed by atoms with Crippen LogP contribution >= 0.6 is 0 Å². The van der Waals surface area contributed by atoms with E-state index in [0.717, 1.165) is 0 Å². The summed E-state index contributed by atoms with van der Waals surface area (Å²) in [4.78, 5) is 11.4. The van der Waals surface area contributed by atoms with E-state index in [1.54, 1.807) is 6.08 Å². The van der Waals surface area contributed by atoms with Crippen LogP contribution in [0.25, 0.3) is 0 Å². The monoisotopic (exact) mass is 156 g/mol. The summed E-state index contributed by atoms with van der Waals surface area (Å²) in [6.45, 7) is 9.07. The van der Waals surface area contributed by atoms with Crippen LogP contribution in [0.5, 0.6) is 0 Å². The van der Waals surface area contributed by atoms with Crippen molar-refractivity contribution in [3.63, 3.8) is 0 Å². The molecule has 0 aliphatic carbocycles. The lowest BCUT2D eigenvalue weighted by Gasteiger charge is -2.21. The molecule has 11 heavy (non-hydrogen) atoms. The van der Waals surface area contributed by atoms with E-state index in [1.165, 1.54) is 0 Å². The first-order valence-corrected chi connectivity index (χ1v) is 4.03. The van der Waals surface area contributed by atoms with E-state index < -0.39 is 5.41 Å². The molecule has 0 aliphatic heterocycles. The second kappa shape index (κ2) is 4.32. The van der Waals surface area contributed by atoms with Crippen LogP contribution in [-0.4, -0.2) is 5.78 Å². The van der Waals surface area contributed by atoms with Crippen LogP contribution in [-0.2, 0) is 4.79 Å². The maximum Gasteiger partial charge on any atom is 0.138 e. The summed E-state index contributed by atoms with van der Waals surface area (Å²) in [5.41, 5.74) is -0.525. The predicted molar refractivity (Wildman–Crippen MR) is 48.5 cm³/mol. The number of Topliss-reactive ketones (excluding diaryl/α,β-unsaturated/α-hetero) is 1. The first-order chi connectivity index (χ1) is 5.46. The Hall–Kier alpha value is -0.590. The molecule has 64 valence electrons. The highest BCUT2D eigenvalue weighted by Gasteiger charge is 2.24. The van der Waals surface area contributed by atoms with E-state index >= 15 is 0 Å². The summed E-state index contributed by atoms with van der Waals surface area (Å²) < 4.78 is 7.72. The van der Waals surface area contributed by atoms with Gasteiger partial charge < -0.3 is 0 Å². The zero-order valence-electron chi connectivity index (χ0n) is 8.68. The standard InChI is InChI=1S/C10H18O/c1-5-7-8-10(3,4)9(11)6-2/h5H,1,6-8H2,2-4H3/i8T/t8-/m0/s1. The fourth-order valence-electron chi connectivity index (χ4n) is 0.947. The fraction of sp³-hybridized carbons (Fsp3) is 0.700. The van der Waals surface area contributed by atoms with E-state index in [9.17, 15) is 4.79 Å². The van der Waals surface area contributed by atoms with Gasteiger partial charge in [-0.15, -0.1) is 6.58 Å². The molecule has 0 radical (unpaired) electrons. The van der Waals surface area contributed by atoms with Crippen LogP contribution in [0.4, 0.5) is 0 Å². The molecule has 0 bridgehead atoms. The van der Waals surface area contributed by atoms with E-state index in [2.05, 4.69) is 6.58 Å². The predicted octanol–water partition coefficient (Wildman–Crippen LogP) is 2.96. The molecule has 0 aliphatic rings. The molecule has 0 rings (SSSR count). The van der Waals surface area contributed by atoms with E-state index in [4.69, 9.17) is 1.37 Å². The van der Waals surface area contributed by atoms with Gasteiger partial charge in [-0.2, -0.15) is 0 Å². The molecule has 0 saturated heterocycles. The Morgan fingerprint density at radius 2 is 2.27 bits per heavy atom. The molecular formula is C10H18O. The molecule has 0 aromatic heterocycles. The lowest BCUT2D eigenvalue weighted by molar-refractivity contribution is -0.127. The van der Waals surface area contributed by atoms with Crippen LogP contribution < -0.4 is 0 Å². The minimum atomic E-state index is -0.525. The summed E-state index contributed by atoms with van der Waals surface area (Å²) in [5, 5.41) is 0. The smallest absolute Gasteiger partial charge is 0.138 e. The highest BCUT2D eigenvalue weighted by molar-refractivity contribution is 5.83. The first-order valence-electron chi connectivity index (χ1n) is 4.61. The van der Waals surface area contributed by atoms with E-state index in [0.29, 0.717) is 12.8 Å². The molecular weight excluding hydrogens is 136 g/mol. The van der Waals surface area contributed by atoms with Crippen molar-refractivity contribution in [2.75, 3.05) is 0 Å². The zero-order chi connectivity index (χ0) is 9.78. The number of ketones is 1. The Bertz CT molecular complexity index is 173. The Labute approximate surface area is 70.9 Å². The fourth-order valence-corrected chi connectivity index (χ4v) is 0.947. The Balaban J connectivity index is 4.36. The van der Waals surface area contributed by atoms with Crippen molar-refractivity contribution >= 4 is 5.78 Å². The second-order valence-corrected chi connectivity index (χ2v) is 3.23. The molecule has 0 fully saturated rings. The number of carbonyl (C=O) groups is 1. The van der Waals surface area contributed by atoms with Crippen molar-refractivity contribution in [1.82, 2.24) is 0 Å². The molecule has 0 unspecified atom stereocenters. The van der Waals surface area contributed by atoms with Crippen LogP contribution in [0.1, 0.15) is 41.4 Å². The van der Waals surface area contributed by atoms with Crippen molar-refractivity contribution in [2.24, 2.45) is 5.41 Å². The zero-order valence-corrected chi connectivity index (χ0v) is 7.68. The van der Waals surface area contributed by atoms with Gasteiger partial charge >= 0.3 is 0 Å². The van der Waals surface area contributed by atoms with Gasteiger partial charge in [0, 0.05) is 13.2 Å². The summed E-state index contributed by atoms with van der Waals surface area (Å²) in [7, 11) is 0. The largest absolute Gasteiger partial charge is 0.299 e. The third kappa shape index (κ3) is 3.35. The molecule has 0 aromatic rings. The van der Waals surface area contributed by atoms with Crippen molar-refractivity contribution < 1.29 is 6.17 Å². The number of carbonyl (C=O) groups excluding carboxylic acids is 1. The summed E-state index contributed by atoms with van der Waals surface area (Å²) in [6.07, 6.45) is 2.43. The van der Waals surface area contributed by atoms with Gasteiger partial charge in [-0.3, -0.25) is 4.79 Å². The Morgan fingerprint density at radius 3 is 2.64 bits per heavy atom. The average molecular weight is 156 g/mol. The first kappa shape index (κ1) is 8.51. The van der Waals surface area contributed by atoms with Crippen molar-refractivity contribution in [2.45, 2.75) is 40.0 Å². The molecule has 0 aromatic carbocycles.